The van der Waals surface area contributed by atoms with E-state index >= 15 is 0 Å². The first-order valence-corrected chi connectivity index (χ1v) is 5.34. The van der Waals surface area contributed by atoms with Gasteiger partial charge >= 0.3 is 0 Å². The Hall–Kier alpha value is 0.170. The van der Waals surface area contributed by atoms with Crippen LogP contribution in [0.3, 0.4) is 0 Å². The summed E-state index contributed by atoms with van der Waals surface area (Å²) in [6.45, 7) is 1.84. The van der Waals surface area contributed by atoms with Crippen LogP contribution in [0.4, 0.5) is 0 Å². The van der Waals surface area contributed by atoms with Crippen LogP contribution in [0, 0.1) is 11.8 Å². The minimum atomic E-state index is 0. The maximum atomic E-state index is 11.9. The number of carbonyl (C=O) groups excluding carboxylic acids is 1. The van der Waals surface area contributed by atoms with Gasteiger partial charge in [-0.15, -0.1) is 24.8 Å². The van der Waals surface area contributed by atoms with Crippen LogP contribution in [0.25, 0.3) is 0 Å². The fraction of sp³-hybridized carbons (Fsp3) is 0.909. The average Bonchev–Trinajstić information content (AvgIpc) is 2.34. The number of hydrogen-bond donors (Lipinski definition) is 0. The number of hydrogen-bond acceptors (Lipinski definition) is 3. The molecule has 0 N–H and O–H groups in total. The lowest BCUT2D eigenvalue weighted by Gasteiger charge is -2.17. The zero-order valence-corrected chi connectivity index (χ0v) is 12.2. The molecule has 3 nitrogen and oxygen atoms in total. The van der Waals surface area contributed by atoms with Crippen molar-refractivity contribution in [2.75, 3.05) is 41.3 Å². The quantitative estimate of drug-likeness (QED) is 0.775. The first-order valence-electron chi connectivity index (χ1n) is 5.34. The van der Waals surface area contributed by atoms with Crippen LogP contribution in [0.15, 0.2) is 0 Å². The Morgan fingerprint density at radius 2 is 1.25 bits per heavy atom. The Morgan fingerprint density at radius 1 is 0.938 bits per heavy atom. The number of carbonyl (C=O) groups is 1. The molecule has 0 bridgehead atoms. The Balaban J connectivity index is 0. The third-order valence-corrected chi connectivity index (χ3v) is 2.84. The molecule has 1 saturated carbocycles. The third kappa shape index (κ3) is 5.48. The molecule has 0 aliphatic heterocycles. The van der Waals surface area contributed by atoms with Crippen molar-refractivity contribution in [2.24, 2.45) is 11.8 Å². The Bertz CT molecular complexity index is 190. The average molecular weight is 271 g/mol. The standard InChI is InChI=1S/C11H22N2O.2ClH/c1-12(2)7-9-5-6-10(11(9)14)8-13(3)4;;/h9-10H,5-8H2,1-4H3;2*1H. The second-order valence-corrected chi connectivity index (χ2v) is 4.90. The third-order valence-electron chi connectivity index (χ3n) is 2.84. The van der Waals surface area contributed by atoms with Crippen LogP contribution in [-0.4, -0.2) is 56.9 Å². The maximum Gasteiger partial charge on any atom is 0.141 e. The van der Waals surface area contributed by atoms with E-state index in [-0.39, 0.29) is 36.6 Å². The van der Waals surface area contributed by atoms with Crippen molar-refractivity contribution in [1.29, 1.82) is 0 Å². The fourth-order valence-corrected chi connectivity index (χ4v) is 2.26. The number of ketones is 1. The van der Waals surface area contributed by atoms with Crippen molar-refractivity contribution in [2.45, 2.75) is 12.8 Å². The summed E-state index contributed by atoms with van der Waals surface area (Å²) in [4.78, 5) is 16.1. The lowest BCUT2D eigenvalue weighted by molar-refractivity contribution is -0.124. The Kier molecular flexibility index (Phi) is 9.60. The van der Waals surface area contributed by atoms with Crippen LogP contribution in [0.5, 0.6) is 0 Å². The summed E-state index contributed by atoms with van der Waals surface area (Å²) in [6.07, 6.45) is 2.16. The van der Waals surface area contributed by atoms with Crippen molar-refractivity contribution >= 4 is 30.6 Å². The molecular weight excluding hydrogens is 247 g/mol. The summed E-state index contributed by atoms with van der Waals surface area (Å²) >= 11 is 0. The first-order chi connectivity index (χ1) is 6.50. The van der Waals surface area contributed by atoms with Gasteiger partial charge in [0.15, 0.2) is 0 Å². The highest BCUT2D eigenvalue weighted by Gasteiger charge is 2.34. The molecule has 0 aromatic rings. The van der Waals surface area contributed by atoms with Gasteiger partial charge in [-0.25, -0.2) is 0 Å². The zero-order chi connectivity index (χ0) is 10.7. The van der Waals surface area contributed by atoms with E-state index < -0.39 is 0 Å². The second-order valence-electron chi connectivity index (χ2n) is 4.90. The molecule has 0 spiro atoms. The van der Waals surface area contributed by atoms with Gasteiger partial charge in [-0.3, -0.25) is 4.79 Å². The largest absolute Gasteiger partial charge is 0.309 e. The predicted octanol–water partition coefficient (Wildman–Crippen LogP) is 1.55. The number of nitrogens with zero attached hydrogens (tertiary/aromatic N) is 2. The molecule has 16 heavy (non-hydrogen) atoms. The highest BCUT2D eigenvalue weighted by molar-refractivity contribution is 5.86. The predicted molar refractivity (Wildman–Crippen MR) is 72.8 cm³/mol. The van der Waals surface area contributed by atoms with E-state index in [9.17, 15) is 4.79 Å². The lowest BCUT2D eigenvalue weighted by Crippen LogP contribution is -2.30. The van der Waals surface area contributed by atoms with Crippen molar-refractivity contribution in [3.8, 4) is 0 Å². The van der Waals surface area contributed by atoms with E-state index in [0.717, 1.165) is 25.9 Å². The second kappa shape index (κ2) is 8.29. The SMILES string of the molecule is CN(C)CC1CCC(CN(C)C)C1=O.Cl.Cl. The molecule has 0 saturated heterocycles. The summed E-state index contributed by atoms with van der Waals surface area (Å²) in [7, 11) is 8.14. The molecule has 1 rings (SSSR count). The summed E-state index contributed by atoms with van der Waals surface area (Å²) in [6, 6.07) is 0. The summed E-state index contributed by atoms with van der Waals surface area (Å²) in [5.74, 6) is 1.05. The van der Waals surface area contributed by atoms with Crippen molar-refractivity contribution in [3.63, 3.8) is 0 Å². The van der Waals surface area contributed by atoms with Gasteiger partial charge in [0.25, 0.3) is 0 Å². The van der Waals surface area contributed by atoms with Gasteiger partial charge in [0.2, 0.25) is 0 Å². The molecule has 1 aliphatic carbocycles. The van der Waals surface area contributed by atoms with Crippen LogP contribution in [0.2, 0.25) is 0 Å². The van der Waals surface area contributed by atoms with Crippen LogP contribution in [0.1, 0.15) is 12.8 Å². The fourth-order valence-electron chi connectivity index (χ4n) is 2.26. The van der Waals surface area contributed by atoms with Gasteiger partial charge in [0.1, 0.15) is 5.78 Å². The molecule has 0 heterocycles. The van der Waals surface area contributed by atoms with E-state index in [1.165, 1.54) is 0 Å². The minimum absolute atomic E-state index is 0. The van der Waals surface area contributed by atoms with E-state index in [2.05, 4.69) is 9.80 Å². The molecular formula is C11H24Cl2N2O. The van der Waals surface area contributed by atoms with Gasteiger partial charge in [0.05, 0.1) is 0 Å². The monoisotopic (exact) mass is 270 g/mol. The lowest BCUT2D eigenvalue weighted by atomic mass is 10.0. The minimum Gasteiger partial charge on any atom is -0.309 e. The Morgan fingerprint density at radius 3 is 1.50 bits per heavy atom. The summed E-state index contributed by atoms with van der Waals surface area (Å²) < 4.78 is 0. The normalized spacial score (nSPS) is 24.5. The van der Waals surface area contributed by atoms with Crippen LogP contribution < -0.4 is 0 Å². The highest BCUT2D eigenvalue weighted by atomic mass is 35.5. The van der Waals surface area contributed by atoms with E-state index in [1.54, 1.807) is 0 Å². The zero-order valence-electron chi connectivity index (χ0n) is 10.6. The van der Waals surface area contributed by atoms with E-state index in [0.29, 0.717) is 5.78 Å². The molecule has 1 aliphatic rings. The molecule has 2 unspecified atom stereocenters. The first kappa shape index (κ1) is 18.5. The number of Topliss-reactive ketones (excluding diaryl/α,β-unsaturated/α-hetero) is 1. The van der Waals surface area contributed by atoms with Gasteiger partial charge < -0.3 is 9.80 Å². The molecule has 1 fully saturated rings. The molecule has 98 valence electrons. The molecule has 5 heteroatoms. The smallest absolute Gasteiger partial charge is 0.141 e. The highest BCUT2D eigenvalue weighted by Crippen LogP contribution is 2.27. The maximum absolute atomic E-state index is 11.9. The van der Waals surface area contributed by atoms with Gasteiger partial charge in [-0.1, -0.05) is 0 Å². The molecule has 0 aromatic heterocycles. The van der Waals surface area contributed by atoms with Gasteiger partial charge in [0, 0.05) is 24.9 Å². The van der Waals surface area contributed by atoms with Crippen molar-refractivity contribution < 1.29 is 4.79 Å². The molecule has 0 amide bonds. The van der Waals surface area contributed by atoms with Crippen molar-refractivity contribution in [3.05, 3.63) is 0 Å². The number of rotatable bonds is 4. The topological polar surface area (TPSA) is 23.6 Å². The molecule has 2 atom stereocenters. The van der Waals surface area contributed by atoms with Crippen LogP contribution >= 0.6 is 24.8 Å². The van der Waals surface area contributed by atoms with Gasteiger partial charge in [-0.2, -0.15) is 0 Å². The number of halogens is 2. The molecule has 0 aromatic carbocycles. The molecule has 0 radical (unpaired) electrons. The van der Waals surface area contributed by atoms with E-state index in [4.69, 9.17) is 0 Å². The van der Waals surface area contributed by atoms with Gasteiger partial charge in [-0.05, 0) is 41.0 Å². The van der Waals surface area contributed by atoms with Crippen LogP contribution in [-0.2, 0) is 4.79 Å². The van der Waals surface area contributed by atoms with E-state index in [1.807, 2.05) is 28.2 Å². The summed E-state index contributed by atoms with van der Waals surface area (Å²) in [5, 5.41) is 0. The van der Waals surface area contributed by atoms with Crippen molar-refractivity contribution in [1.82, 2.24) is 9.80 Å². The Labute approximate surface area is 111 Å². The summed E-state index contributed by atoms with van der Waals surface area (Å²) in [5.41, 5.74) is 0.